The van der Waals surface area contributed by atoms with Crippen molar-refractivity contribution in [3.8, 4) is 5.75 Å². The maximum atomic E-state index is 5.33. The highest BCUT2D eigenvalue weighted by atomic mass is 16.5. The van der Waals surface area contributed by atoms with Gasteiger partial charge in [0.05, 0.1) is 7.11 Å². The van der Waals surface area contributed by atoms with Crippen LogP contribution in [0.15, 0.2) is 24.3 Å². The first-order valence-electron chi connectivity index (χ1n) is 8.46. The Labute approximate surface area is 127 Å². The van der Waals surface area contributed by atoms with Crippen LogP contribution in [0, 0.1) is 0 Å². The summed E-state index contributed by atoms with van der Waals surface area (Å²) in [5.74, 6) is 1.71. The van der Waals surface area contributed by atoms with E-state index >= 15 is 0 Å². The molecule has 3 nitrogen and oxygen atoms in total. The number of nitrogens with one attached hydrogen (secondary N) is 1. The molecule has 2 saturated carbocycles. The molecule has 1 aromatic carbocycles. The van der Waals surface area contributed by atoms with E-state index in [1.165, 1.54) is 50.8 Å². The fourth-order valence-electron chi connectivity index (χ4n) is 3.95. The van der Waals surface area contributed by atoms with E-state index in [4.69, 9.17) is 4.74 Å². The van der Waals surface area contributed by atoms with Gasteiger partial charge in [0.25, 0.3) is 0 Å². The van der Waals surface area contributed by atoms with Crippen molar-refractivity contribution in [1.82, 2.24) is 10.2 Å². The quantitative estimate of drug-likeness (QED) is 0.901. The van der Waals surface area contributed by atoms with Gasteiger partial charge in [0.15, 0.2) is 0 Å². The topological polar surface area (TPSA) is 24.5 Å². The van der Waals surface area contributed by atoms with Crippen molar-refractivity contribution in [3.63, 3.8) is 0 Å². The van der Waals surface area contributed by atoms with Crippen molar-refractivity contribution in [2.75, 3.05) is 20.2 Å². The first-order chi connectivity index (χ1) is 10.3. The zero-order chi connectivity index (χ0) is 14.2. The van der Waals surface area contributed by atoms with E-state index in [9.17, 15) is 0 Å². The number of benzene rings is 1. The highest BCUT2D eigenvalue weighted by Gasteiger charge is 2.37. The van der Waals surface area contributed by atoms with Gasteiger partial charge in [0, 0.05) is 31.2 Å². The van der Waals surface area contributed by atoms with Gasteiger partial charge in [-0.25, -0.2) is 0 Å². The van der Waals surface area contributed by atoms with E-state index in [-0.39, 0.29) is 0 Å². The maximum Gasteiger partial charge on any atom is 0.119 e. The normalized spacial score (nSPS) is 32.9. The summed E-state index contributed by atoms with van der Waals surface area (Å²) in [6, 6.07) is 11.0. The molecule has 0 amide bonds. The molecule has 114 valence electrons. The summed E-state index contributed by atoms with van der Waals surface area (Å²) < 4.78 is 5.33. The molecule has 3 aliphatic rings. The molecular weight excluding hydrogens is 260 g/mol. The molecule has 0 bridgehead atoms. The first kappa shape index (κ1) is 13.6. The lowest BCUT2D eigenvalue weighted by atomic mass is 9.75. The molecule has 2 aliphatic carbocycles. The van der Waals surface area contributed by atoms with Crippen LogP contribution in [0.1, 0.15) is 43.6 Å². The highest BCUT2D eigenvalue weighted by Crippen LogP contribution is 2.39. The SMILES string of the molecule is COc1cccc(C2CC(NC3CCN(C4CC4)C3)C2)c1. The summed E-state index contributed by atoms with van der Waals surface area (Å²) in [6.07, 6.45) is 6.79. The van der Waals surface area contributed by atoms with Gasteiger partial charge in [-0.15, -0.1) is 0 Å². The predicted octanol–water partition coefficient (Wildman–Crippen LogP) is 2.77. The summed E-state index contributed by atoms with van der Waals surface area (Å²) >= 11 is 0. The van der Waals surface area contributed by atoms with E-state index in [0.29, 0.717) is 0 Å². The molecule has 0 radical (unpaired) electrons. The van der Waals surface area contributed by atoms with Crippen molar-refractivity contribution < 1.29 is 4.74 Å². The third-order valence-corrected chi connectivity index (χ3v) is 5.46. The van der Waals surface area contributed by atoms with Crippen LogP contribution in [0.2, 0.25) is 0 Å². The molecule has 1 saturated heterocycles. The zero-order valence-corrected chi connectivity index (χ0v) is 12.9. The van der Waals surface area contributed by atoms with Crippen LogP contribution in [0.3, 0.4) is 0 Å². The summed E-state index contributed by atoms with van der Waals surface area (Å²) in [5, 5.41) is 3.88. The smallest absolute Gasteiger partial charge is 0.119 e. The van der Waals surface area contributed by atoms with Crippen molar-refractivity contribution in [2.24, 2.45) is 0 Å². The minimum absolute atomic E-state index is 0.721. The Morgan fingerprint density at radius 2 is 2.00 bits per heavy atom. The minimum atomic E-state index is 0.721. The third-order valence-electron chi connectivity index (χ3n) is 5.46. The van der Waals surface area contributed by atoms with Gasteiger partial charge in [0.2, 0.25) is 0 Å². The van der Waals surface area contributed by atoms with E-state index in [2.05, 4.69) is 28.4 Å². The van der Waals surface area contributed by atoms with Crippen molar-refractivity contribution in [2.45, 2.75) is 56.1 Å². The van der Waals surface area contributed by atoms with E-state index in [0.717, 1.165) is 29.8 Å². The first-order valence-corrected chi connectivity index (χ1v) is 8.46. The highest BCUT2D eigenvalue weighted by molar-refractivity contribution is 5.32. The van der Waals surface area contributed by atoms with Crippen LogP contribution < -0.4 is 10.1 Å². The summed E-state index contributed by atoms with van der Waals surface area (Å²) in [7, 11) is 1.75. The lowest BCUT2D eigenvalue weighted by Crippen LogP contribution is -2.46. The average Bonchev–Trinajstić information content (AvgIpc) is 3.22. The molecule has 0 aromatic heterocycles. The average molecular weight is 286 g/mol. The number of ether oxygens (including phenoxy) is 1. The lowest BCUT2D eigenvalue weighted by Gasteiger charge is -2.38. The summed E-state index contributed by atoms with van der Waals surface area (Å²) in [6.45, 7) is 2.60. The van der Waals surface area contributed by atoms with Crippen LogP contribution in [-0.2, 0) is 0 Å². The maximum absolute atomic E-state index is 5.33. The minimum Gasteiger partial charge on any atom is -0.497 e. The Bertz CT molecular complexity index is 494. The predicted molar refractivity (Wildman–Crippen MR) is 84.9 cm³/mol. The van der Waals surface area contributed by atoms with Crippen molar-refractivity contribution >= 4 is 0 Å². The lowest BCUT2D eigenvalue weighted by molar-refractivity contribution is 0.254. The fraction of sp³-hybridized carbons (Fsp3) is 0.667. The van der Waals surface area contributed by atoms with Gasteiger partial charge in [-0.3, -0.25) is 4.90 Å². The molecule has 1 N–H and O–H groups in total. The Morgan fingerprint density at radius 1 is 1.14 bits per heavy atom. The molecule has 1 aromatic rings. The van der Waals surface area contributed by atoms with E-state index in [1.54, 1.807) is 7.11 Å². The molecule has 3 heteroatoms. The number of likely N-dealkylation sites (tertiary alicyclic amines) is 1. The van der Waals surface area contributed by atoms with Crippen LogP contribution >= 0.6 is 0 Å². The van der Waals surface area contributed by atoms with Gasteiger partial charge in [0.1, 0.15) is 5.75 Å². The summed E-state index contributed by atoms with van der Waals surface area (Å²) in [4.78, 5) is 2.69. The van der Waals surface area contributed by atoms with E-state index < -0.39 is 0 Å². The Morgan fingerprint density at radius 3 is 2.76 bits per heavy atom. The molecule has 0 spiro atoms. The molecule has 21 heavy (non-hydrogen) atoms. The van der Waals surface area contributed by atoms with Crippen molar-refractivity contribution in [1.29, 1.82) is 0 Å². The van der Waals surface area contributed by atoms with Crippen LogP contribution in [0.4, 0.5) is 0 Å². The number of hydrogen-bond acceptors (Lipinski definition) is 3. The van der Waals surface area contributed by atoms with Gasteiger partial charge in [-0.1, -0.05) is 12.1 Å². The number of hydrogen-bond donors (Lipinski definition) is 1. The molecule has 3 fully saturated rings. The molecule has 4 rings (SSSR count). The molecule has 1 heterocycles. The zero-order valence-electron chi connectivity index (χ0n) is 12.9. The second-order valence-corrected chi connectivity index (χ2v) is 7.02. The number of methoxy groups -OCH3 is 1. The molecule has 1 unspecified atom stereocenters. The largest absolute Gasteiger partial charge is 0.497 e. The third kappa shape index (κ3) is 2.95. The standard InChI is InChI=1S/C18H26N2O/c1-21-18-4-2-3-13(11-18)14-9-16(10-14)19-15-7-8-20(12-15)17-5-6-17/h2-4,11,14-17,19H,5-10,12H2,1H3. The van der Waals surface area contributed by atoms with E-state index in [1.807, 2.05) is 6.07 Å². The number of rotatable bonds is 5. The molecular formula is C18H26N2O. The van der Waals surface area contributed by atoms with Gasteiger partial charge < -0.3 is 10.1 Å². The Kier molecular flexibility index (Phi) is 3.64. The van der Waals surface area contributed by atoms with Crippen LogP contribution in [-0.4, -0.2) is 43.2 Å². The summed E-state index contributed by atoms with van der Waals surface area (Å²) in [5.41, 5.74) is 1.44. The molecule has 1 atom stereocenters. The van der Waals surface area contributed by atoms with Gasteiger partial charge in [-0.05, 0) is 55.7 Å². The van der Waals surface area contributed by atoms with Gasteiger partial charge >= 0.3 is 0 Å². The fourth-order valence-corrected chi connectivity index (χ4v) is 3.95. The monoisotopic (exact) mass is 286 g/mol. The molecule has 1 aliphatic heterocycles. The Balaban J connectivity index is 1.25. The van der Waals surface area contributed by atoms with Crippen molar-refractivity contribution in [3.05, 3.63) is 29.8 Å². The van der Waals surface area contributed by atoms with Crippen LogP contribution in [0.25, 0.3) is 0 Å². The second kappa shape index (κ2) is 5.62. The second-order valence-electron chi connectivity index (χ2n) is 7.02. The van der Waals surface area contributed by atoms with Crippen LogP contribution in [0.5, 0.6) is 5.75 Å². The Hall–Kier alpha value is -1.06. The van der Waals surface area contributed by atoms with Gasteiger partial charge in [-0.2, -0.15) is 0 Å². The number of nitrogens with zero attached hydrogens (tertiary/aromatic N) is 1.